The van der Waals surface area contributed by atoms with Crippen LogP contribution in [0.4, 0.5) is 0 Å². The first kappa shape index (κ1) is 17.9. The molecule has 0 bridgehead atoms. The number of nitrogens with one attached hydrogen (secondary N) is 2. The van der Waals surface area contributed by atoms with Gasteiger partial charge in [0.25, 0.3) is 0 Å². The van der Waals surface area contributed by atoms with Crippen molar-refractivity contribution >= 4 is 11.8 Å². The molecule has 0 atom stereocenters. The van der Waals surface area contributed by atoms with Crippen LogP contribution in [0.1, 0.15) is 47.5 Å². The lowest BCUT2D eigenvalue weighted by Gasteiger charge is -2.25. The van der Waals surface area contributed by atoms with E-state index in [1.54, 1.807) is 4.90 Å². The zero-order chi connectivity index (χ0) is 14.9. The van der Waals surface area contributed by atoms with E-state index in [9.17, 15) is 9.59 Å². The summed E-state index contributed by atoms with van der Waals surface area (Å²) in [5, 5.41) is 5.95. The third-order valence-electron chi connectivity index (χ3n) is 2.52. The molecule has 0 fully saturated rings. The van der Waals surface area contributed by atoms with Gasteiger partial charge in [0.15, 0.2) is 0 Å². The number of carbonyl (C=O) groups excluding carboxylic acids is 2. The SMILES string of the molecule is CCCNC(=O)CN(CCC)C(=O)CNC(C)(C)C. The molecule has 0 aromatic rings. The van der Waals surface area contributed by atoms with Crippen LogP contribution in [-0.2, 0) is 9.59 Å². The fraction of sp³-hybridized carbons (Fsp3) is 0.857. The minimum atomic E-state index is -0.0992. The highest BCUT2D eigenvalue weighted by atomic mass is 16.2. The molecule has 0 saturated carbocycles. The highest BCUT2D eigenvalue weighted by molar-refractivity contribution is 5.85. The van der Waals surface area contributed by atoms with E-state index < -0.39 is 0 Å². The molecule has 0 unspecified atom stereocenters. The standard InChI is InChI=1S/C14H29N3O2/c1-6-8-15-12(18)11-17(9-7-2)13(19)10-16-14(3,4)5/h16H,6-11H2,1-5H3,(H,15,18). The summed E-state index contributed by atoms with van der Waals surface area (Å²) >= 11 is 0. The Kier molecular flexibility index (Phi) is 8.39. The normalized spacial score (nSPS) is 11.2. The third-order valence-corrected chi connectivity index (χ3v) is 2.52. The Hall–Kier alpha value is -1.10. The molecule has 0 rings (SSSR count). The summed E-state index contributed by atoms with van der Waals surface area (Å²) in [4.78, 5) is 25.4. The molecule has 0 heterocycles. The lowest BCUT2D eigenvalue weighted by Crippen LogP contribution is -2.48. The quantitative estimate of drug-likeness (QED) is 0.696. The van der Waals surface area contributed by atoms with E-state index in [1.807, 2.05) is 34.6 Å². The van der Waals surface area contributed by atoms with Crippen molar-refractivity contribution in [3.63, 3.8) is 0 Å². The fourth-order valence-corrected chi connectivity index (χ4v) is 1.51. The number of amides is 2. The number of nitrogens with zero attached hydrogens (tertiary/aromatic N) is 1. The van der Waals surface area contributed by atoms with Gasteiger partial charge in [-0.15, -0.1) is 0 Å². The maximum Gasteiger partial charge on any atom is 0.239 e. The predicted molar refractivity (Wildman–Crippen MR) is 77.9 cm³/mol. The summed E-state index contributed by atoms with van der Waals surface area (Å²) in [5.41, 5.74) is -0.0992. The summed E-state index contributed by atoms with van der Waals surface area (Å²) in [6.07, 6.45) is 1.75. The third kappa shape index (κ3) is 9.47. The highest BCUT2D eigenvalue weighted by Gasteiger charge is 2.18. The van der Waals surface area contributed by atoms with Crippen molar-refractivity contribution in [2.24, 2.45) is 0 Å². The van der Waals surface area contributed by atoms with Crippen LogP contribution in [0.15, 0.2) is 0 Å². The maximum atomic E-state index is 12.1. The summed E-state index contributed by atoms with van der Waals surface area (Å²) in [7, 11) is 0. The van der Waals surface area contributed by atoms with Gasteiger partial charge in [0.1, 0.15) is 0 Å². The van der Waals surface area contributed by atoms with Gasteiger partial charge in [-0.1, -0.05) is 13.8 Å². The van der Waals surface area contributed by atoms with Crippen LogP contribution in [0, 0.1) is 0 Å². The summed E-state index contributed by atoms with van der Waals surface area (Å²) in [6, 6.07) is 0. The largest absolute Gasteiger partial charge is 0.355 e. The molecule has 19 heavy (non-hydrogen) atoms. The van der Waals surface area contributed by atoms with Gasteiger partial charge < -0.3 is 15.5 Å². The van der Waals surface area contributed by atoms with Gasteiger partial charge in [-0.3, -0.25) is 9.59 Å². The van der Waals surface area contributed by atoms with Crippen molar-refractivity contribution in [1.29, 1.82) is 0 Å². The first-order valence-corrected chi connectivity index (χ1v) is 7.09. The molecular formula is C14H29N3O2. The van der Waals surface area contributed by atoms with E-state index in [0.717, 1.165) is 12.8 Å². The Bertz CT molecular complexity index is 285. The van der Waals surface area contributed by atoms with E-state index in [2.05, 4.69) is 10.6 Å². The second kappa shape index (κ2) is 8.91. The van der Waals surface area contributed by atoms with E-state index in [0.29, 0.717) is 13.1 Å². The van der Waals surface area contributed by atoms with Crippen LogP contribution < -0.4 is 10.6 Å². The van der Waals surface area contributed by atoms with E-state index in [1.165, 1.54) is 0 Å². The van der Waals surface area contributed by atoms with E-state index >= 15 is 0 Å². The van der Waals surface area contributed by atoms with Gasteiger partial charge in [0.2, 0.25) is 11.8 Å². The Balaban J connectivity index is 4.29. The van der Waals surface area contributed by atoms with Gasteiger partial charge >= 0.3 is 0 Å². The predicted octanol–water partition coefficient (Wildman–Crippen LogP) is 1.14. The van der Waals surface area contributed by atoms with Crippen molar-refractivity contribution in [1.82, 2.24) is 15.5 Å². The first-order valence-electron chi connectivity index (χ1n) is 7.09. The minimum Gasteiger partial charge on any atom is -0.355 e. The molecule has 0 aliphatic heterocycles. The molecule has 0 aromatic carbocycles. The Morgan fingerprint density at radius 2 is 1.74 bits per heavy atom. The Labute approximate surface area is 117 Å². The van der Waals surface area contributed by atoms with E-state index in [-0.39, 0.29) is 30.4 Å². The fourth-order valence-electron chi connectivity index (χ4n) is 1.51. The molecule has 0 spiro atoms. The molecule has 0 radical (unpaired) electrons. The van der Waals surface area contributed by atoms with Crippen LogP contribution in [0.5, 0.6) is 0 Å². The van der Waals surface area contributed by atoms with Gasteiger partial charge in [-0.2, -0.15) is 0 Å². The molecule has 2 N–H and O–H groups in total. The molecule has 5 heteroatoms. The Morgan fingerprint density at radius 3 is 2.21 bits per heavy atom. The molecule has 112 valence electrons. The summed E-state index contributed by atoms with van der Waals surface area (Å²) in [6.45, 7) is 11.7. The van der Waals surface area contributed by atoms with Crippen LogP contribution in [-0.4, -0.2) is 48.4 Å². The molecule has 0 saturated heterocycles. The van der Waals surface area contributed by atoms with Crippen LogP contribution in [0.2, 0.25) is 0 Å². The van der Waals surface area contributed by atoms with Crippen molar-refractivity contribution in [2.45, 2.75) is 53.0 Å². The zero-order valence-corrected chi connectivity index (χ0v) is 13.0. The molecular weight excluding hydrogens is 242 g/mol. The van der Waals surface area contributed by atoms with Gasteiger partial charge in [0, 0.05) is 18.6 Å². The Morgan fingerprint density at radius 1 is 1.11 bits per heavy atom. The highest BCUT2D eigenvalue weighted by Crippen LogP contribution is 1.99. The molecule has 5 nitrogen and oxygen atoms in total. The molecule has 0 aliphatic carbocycles. The van der Waals surface area contributed by atoms with Gasteiger partial charge in [-0.25, -0.2) is 0 Å². The molecule has 0 aliphatic rings. The van der Waals surface area contributed by atoms with Crippen LogP contribution in [0.3, 0.4) is 0 Å². The average Bonchev–Trinajstić information content (AvgIpc) is 2.32. The van der Waals surface area contributed by atoms with Crippen molar-refractivity contribution in [3.05, 3.63) is 0 Å². The van der Waals surface area contributed by atoms with Crippen LogP contribution in [0.25, 0.3) is 0 Å². The van der Waals surface area contributed by atoms with Crippen LogP contribution >= 0.6 is 0 Å². The monoisotopic (exact) mass is 271 g/mol. The lowest BCUT2D eigenvalue weighted by molar-refractivity contribution is -0.135. The second-order valence-corrected chi connectivity index (χ2v) is 5.77. The number of hydrogen-bond donors (Lipinski definition) is 2. The van der Waals surface area contributed by atoms with Gasteiger partial charge in [0.05, 0.1) is 13.1 Å². The second-order valence-electron chi connectivity index (χ2n) is 5.77. The molecule has 2 amide bonds. The van der Waals surface area contributed by atoms with Crippen molar-refractivity contribution in [3.8, 4) is 0 Å². The average molecular weight is 271 g/mol. The van der Waals surface area contributed by atoms with E-state index in [4.69, 9.17) is 0 Å². The first-order chi connectivity index (χ1) is 8.80. The summed E-state index contributed by atoms with van der Waals surface area (Å²) < 4.78 is 0. The van der Waals surface area contributed by atoms with Crippen molar-refractivity contribution < 1.29 is 9.59 Å². The number of hydrogen-bond acceptors (Lipinski definition) is 3. The molecule has 0 aromatic heterocycles. The zero-order valence-electron chi connectivity index (χ0n) is 13.0. The van der Waals surface area contributed by atoms with Gasteiger partial charge in [-0.05, 0) is 33.6 Å². The number of carbonyl (C=O) groups is 2. The lowest BCUT2D eigenvalue weighted by atomic mass is 10.1. The topological polar surface area (TPSA) is 61.4 Å². The summed E-state index contributed by atoms with van der Waals surface area (Å²) in [5.74, 6) is -0.108. The maximum absolute atomic E-state index is 12.1. The van der Waals surface area contributed by atoms with Crippen molar-refractivity contribution in [2.75, 3.05) is 26.2 Å². The smallest absolute Gasteiger partial charge is 0.239 e. The number of rotatable bonds is 8. The minimum absolute atomic E-state index is 0.0246.